The van der Waals surface area contributed by atoms with Crippen molar-refractivity contribution in [2.24, 2.45) is 11.3 Å². The average molecular weight is 323 g/mol. The highest BCUT2D eigenvalue weighted by Gasteiger charge is 2.39. The van der Waals surface area contributed by atoms with Crippen molar-refractivity contribution in [2.45, 2.75) is 51.9 Å². The molecule has 1 aromatic carbocycles. The Labute approximate surface area is 124 Å². The maximum Gasteiger partial charge on any atom is 0.123 e. The first-order chi connectivity index (χ1) is 9.19. The summed E-state index contributed by atoms with van der Waals surface area (Å²) in [6.45, 7) is 3.04. The first-order valence-electron chi connectivity index (χ1n) is 7.56. The van der Waals surface area contributed by atoms with Gasteiger partial charge < -0.3 is 4.74 Å². The molecule has 0 amide bonds. The van der Waals surface area contributed by atoms with E-state index in [1.54, 1.807) is 0 Å². The Balaban J connectivity index is 1.69. The van der Waals surface area contributed by atoms with Crippen molar-refractivity contribution in [1.29, 1.82) is 0 Å². The first-order valence-corrected chi connectivity index (χ1v) is 8.36. The lowest BCUT2D eigenvalue weighted by molar-refractivity contribution is 0.0280. The molecule has 2 aliphatic rings. The van der Waals surface area contributed by atoms with Gasteiger partial charge in [0.05, 0.1) is 6.61 Å². The van der Waals surface area contributed by atoms with Crippen LogP contribution >= 0.6 is 15.9 Å². The van der Waals surface area contributed by atoms with E-state index >= 15 is 0 Å². The van der Waals surface area contributed by atoms with Crippen LogP contribution in [0.15, 0.2) is 22.7 Å². The van der Waals surface area contributed by atoms with E-state index < -0.39 is 0 Å². The quantitative estimate of drug-likeness (QED) is 0.714. The van der Waals surface area contributed by atoms with Crippen LogP contribution in [0.5, 0.6) is 5.75 Å². The van der Waals surface area contributed by atoms with Crippen molar-refractivity contribution in [2.75, 3.05) is 6.61 Å². The van der Waals surface area contributed by atoms with Crippen LogP contribution in [-0.4, -0.2) is 6.61 Å². The highest BCUT2D eigenvalue weighted by atomic mass is 79.9. The van der Waals surface area contributed by atoms with E-state index in [1.807, 2.05) is 0 Å². The van der Waals surface area contributed by atoms with Gasteiger partial charge in [-0.3, -0.25) is 0 Å². The van der Waals surface area contributed by atoms with Gasteiger partial charge in [0.1, 0.15) is 5.75 Å². The molecule has 2 bridgehead atoms. The van der Waals surface area contributed by atoms with Crippen LogP contribution in [0, 0.1) is 18.3 Å². The zero-order valence-electron chi connectivity index (χ0n) is 11.8. The van der Waals surface area contributed by atoms with Gasteiger partial charge in [0.25, 0.3) is 0 Å². The Kier molecular flexibility index (Phi) is 3.88. The average Bonchev–Trinajstić information content (AvgIpc) is 2.41. The zero-order valence-corrected chi connectivity index (χ0v) is 13.3. The molecule has 1 nitrogen and oxygen atoms in total. The third-order valence-corrected chi connectivity index (χ3v) is 5.97. The Bertz CT molecular complexity index is 445. The van der Waals surface area contributed by atoms with Gasteiger partial charge in [-0.15, -0.1) is 0 Å². The summed E-state index contributed by atoms with van der Waals surface area (Å²) in [5, 5.41) is 0. The maximum absolute atomic E-state index is 6.20. The Morgan fingerprint density at radius 3 is 2.74 bits per heavy atom. The lowest BCUT2D eigenvalue weighted by Gasteiger charge is -2.45. The van der Waals surface area contributed by atoms with Crippen LogP contribution in [-0.2, 0) is 0 Å². The fraction of sp³-hybridized carbons (Fsp3) is 0.647. The van der Waals surface area contributed by atoms with Crippen LogP contribution in [0.4, 0.5) is 0 Å². The fourth-order valence-electron chi connectivity index (χ4n) is 4.00. The van der Waals surface area contributed by atoms with Gasteiger partial charge in [-0.05, 0) is 44.2 Å². The monoisotopic (exact) mass is 322 g/mol. The molecule has 1 aromatic rings. The molecule has 0 saturated heterocycles. The van der Waals surface area contributed by atoms with Crippen LogP contribution in [0.25, 0.3) is 0 Å². The molecule has 19 heavy (non-hydrogen) atoms. The number of hydrogen-bond donors (Lipinski definition) is 0. The minimum atomic E-state index is 0.482. The molecule has 2 aliphatic carbocycles. The smallest absolute Gasteiger partial charge is 0.123 e. The zero-order chi connectivity index (χ0) is 13.3. The van der Waals surface area contributed by atoms with Crippen LogP contribution in [0.3, 0.4) is 0 Å². The third-order valence-electron chi connectivity index (χ3n) is 5.11. The second kappa shape index (κ2) is 5.47. The van der Waals surface area contributed by atoms with Crippen molar-refractivity contribution < 1.29 is 4.74 Å². The molecule has 2 heteroatoms. The molecule has 2 saturated carbocycles. The standard InChI is InChI=1S/C17H23BrO/c1-13-15(18)7-2-8-16(13)19-12-17-9-3-5-14(11-17)6-4-10-17/h2,7-8,14H,3-6,9-12H2,1H3. The van der Waals surface area contributed by atoms with Gasteiger partial charge in [-0.2, -0.15) is 0 Å². The van der Waals surface area contributed by atoms with E-state index in [-0.39, 0.29) is 0 Å². The Morgan fingerprint density at radius 2 is 2.00 bits per heavy atom. The summed E-state index contributed by atoms with van der Waals surface area (Å²) in [6, 6.07) is 6.24. The van der Waals surface area contributed by atoms with Crippen LogP contribution < -0.4 is 4.74 Å². The molecule has 2 fully saturated rings. The topological polar surface area (TPSA) is 9.23 Å². The van der Waals surface area contributed by atoms with Gasteiger partial charge >= 0.3 is 0 Å². The van der Waals surface area contributed by atoms with E-state index in [2.05, 4.69) is 41.1 Å². The van der Waals surface area contributed by atoms with Gasteiger partial charge in [0.2, 0.25) is 0 Å². The van der Waals surface area contributed by atoms with Crippen molar-refractivity contribution in [1.82, 2.24) is 0 Å². The predicted molar refractivity (Wildman–Crippen MR) is 82.6 cm³/mol. The van der Waals surface area contributed by atoms with Gasteiger partial charge in [-0.1, -0.05) is 47.7 Å². The lowest BCUT2D eigenvalue weighted by Crippen LogP contribution is -2.37. The largest absolute Gasteiger partial charge is 0.493 e. The van der Waals surface area contributed by atoms with E-state index in [1.165, 1.54) is 50.5 Å². The molecule has 0 spiro atoms. The molecule has 0 unspecified atom stereocenters. The molecule has 0 N–H and O–H groups in total. The highest BCUT2D eigenvalue weighted by molar-refractivity contribution is 9.10. The van der Waals surface area contributed by atoms with Crippen molar-refractivity contribution in [3.63, 3.8) is 0 Å². The summed E-state index contributed by atoms with van der Waals surface area (Å²) < 4.78 is 7.35. The molecular formula is C17H23BrO. The van der Waals surface area contributed by atoms with Crippen LogP contribution in [0.1, 0.15) is 50.5 Å². The van der Waals surface area contributed by atoms with E-state index in [4.69, 9.17) is 4.74 Å². The Morgan fingerprint density at radius 1 is 1.26 bits per heavy atom. The van der Waals surface area contributed by atoms with Crippen LogP contribution in [0.2, 0.25) is 0 Å². The molecule has 3 rings (SSSR count). The van der Waals surface area contributed by atoms with Crippen molar-refractivity contribution >= 4 is 15.9 Å². The van der Waals surface area contributed by atoms with Crippen molar-refractivity contribution in [3.05, 3.63) is 28.2 Å². The predicted octanol–water partition coefficient (Wildman–Crippen LogP) is 5.50. The SMILES string of the molecule is Cc1c(Br)cccc1OCC12CCCC(CCC1)C2. The summed E-state index contributed by atoms with van der Waals surface area (Å²) in [7, 11) is 0. The van der Waals surface area contributed by atoms with Gasteiger partial charge in [0, 0.05) is 15.5 Å². The number of benzene rings is 1. The molecule has 104 valence electrons. The highest BCUT2D eigenvalue weighted by Crippen LogP contribution is 2.49. The van der Waals surface area contributed by atoms with Gasteiger partial charge in [0.15, 0.2) is 0 Å². The summed E-state index contributed by atoms with van der Waals surface area (Å²) in [6.07, 6.45) is 9.87. The molecule has 0 aliphatic heterocycles. The normalized spacial score (nSPS) is 30.1. The fourth-order valence-corrected chi connectivity index (χ4v) is 4.35. The Hall–Kier alpha value is -0.500. The van der Waals surface area contributed by atoms with Crippen molar-refractivity contribution in [3.8, 4) is 5.75 Å². The maximum atomic E-state index is 6.20. The summed E-state index contributed by atoms with van der Waals surface area (Å²) in [4.78, 5) is 0. The first kappa shape index (κ1) is 13.5. The van der Waals surface area contributed by atoms with E-state index in [0.717, 1.165) is 22.7 Å². The number of rotatable bonds is 3. The number of hydrogen-bond acceptors (Lipinski definition) is 1. The molecule has 0 radical (unpaired) electrons. The lowest BCUT2D eigenvalue weighted by atomic mass is 9.62. The molecule has 0 aromatic heterocycles. The second-order valence-electron chi connectivity index (χ2n) is 6.51. The summed E-state index contributed by atoms with van der Waals surface area (Å²) in [5.41, 5.74) is 1.71. The third kappa shape index (κ3) is 2.84. The van der Waals surface area contributed by atoms with E-state index in [0.29, 0.717) is 5.41 Å². The minimum Gasteiger partial charge on any atom is -0.493 e. The molecular weight excluding hydrogens is 300 g/mol. The minimum absolute atomic E-state index is 0.482. The molecule has 0 atom stereocenters. The van der Waals surface area contributed by atoms with E-state index in [9.17, 15) is 0 Å². The second-order valence-corrected chi connectivity index (χ2v) is 7.36. The van der Waals surface area contributed by atoms with Gasteiger partial charge in [-0.25, -0.2) is 0 Å². The summed E-state index contributed by atoms with van der Waals surface area (Å²) in [5.74, 6) is 2.03. The number of ether oxygens (including phenoxy) is 1. The summed E-state index contributed by atoms with van der Waals surface area (Å²) >= 11 is 3.58. The number of fused-ring (bicyclic) bond motifs is 2. The number of halogens is 1. The molecule has 0 heterocycles.